The molecule has 4 rings (SSSR count). The number of fused-ring (bicyclic) bond motifs is 2. The van der Waals surface area contributed by atoms with E-state index >= 15 is 0 Å². The summed E-state index contributed by atoms with van der Waals surface area (Å²) >= 11 is 0. The van der Waals surface area contributed by atoms with Crippen LogP contribution in [-0.4, -0.2) is 21.5 Å². The third-order valence-electron chi connectivity index (χ3n) is 3.98. The lowest BCUT2D eigenvalue weighted by Crippen LogP contribution is -2.31. The van der Waals surface area contributed by atoms with Crippen LogP contribution in [-0.2, 0) is 13.0 Å². The molecule has 1 aromatic carbocycles. The Kier molecular flexibility index (Phi) is 2.89. The summed E-state index contributed by atoms with van der Waals surface area (Å²) in [6.07, 6.45) is 2.36. The van der Waals surface area contributed by atoms with Crippen molar-refractivity contribution in [1.82, 2.24) is 15.0 Å². The van der Waals surface area contributed by atoms with Crippen LogP contribution in [0, 0.1) is 5.82 Å². The van der Waals surface area contributed by atoms with Gasteiger partial charge in [0.2, 0.25) is 0 Å². The molecule has 2 N–H and O–H groups in total. The number of nitrogen functional groups attached to an aromatic ring is 1. The Morgan fingerprint density at radius 2 is 2.00 bits per heavy atom. The van der Waals surface area contributed by atoms with E-state index in [9.17, 15) is 4.39 Å². The monoisotopic (exact) mass is 295 g/mol. The van der Waals surface area contributed by atoms with Gasteiger partial charge in [0, 0.05) is 13.1 Å². The van der Waals surface area contributed by atoms with Crippen molar-refractivity contribution in [2.24, 2.45) is 0 Å². The minimum Gasteiger partial charge on any atom is -0.384 e. The lowest BCUT2D eigenvalue weighted by atomic mass is 9.99. The molecule has 0 amide bonds. The molecule has 0 saturated carbocycles. The number of rotatable bonds is 1. The Morgan fingerprint density at radius 3 is 2.91 bits per heavy atom. The zero-order valence-electron chi connectivity index (χ0n) is 11.8. The second-order valence-electron chi connectivity index (χ2n) is 5.39. The topological polar surface area (TPSA) is 67.9 Å². The molecule has 1 aliphatic rings. The Bertz CT molecular complexity index is 864. The molecule has 0 spiro atoms. The van der Waals surface area contributed by atoms with Crippen LogP contribution in [0.1, 0.15) is 11.1 Å². The van der Waals surface area contributed by atoms with Gasteiger partial charge in [-0.15, -0.1) is 0 Å². The Hall–Kier alpha value is -2.76. The van der Waals surface area contributed by atoms with Crippen LogP contribution in [0.5, 0.6) is 0 Å². The van der Waals surface area contributed by atoms with E-state index < -0.39 is 0 Å². The van der Waals surface area contributed by atoms with E-state index in [1.807, 2.05) is 12.1 Å². The van der Waals surface area contributed by atoms with Gasteiger partial charge >= 0.3 is 0 Å². The van der Waals surface area contributed by atoms with Gasteiger partial charge in [-0.3, -0.25) is 0 Å². The van der Waals surface area contributed by atoms with E-state index in [0.29, 0.717) is 18.0 Å². The van der Waals surface area contributed by atoms with Crippen LogP contribution in [0.15, 0.2) is 36.7 Å². The highest BCUT2D eigenvalue weighted by molar-refractivity contribution is 5.87. The summed E-state index contributed by atoms with van der Waals surface area (Å²) in [5.74, 6) is 1.04. The van der Waals surface area contributed by atoms with Gasteiger partial charge in [0.15, 0.2) is 5.65 Å². The van der Waals surface area contributed by atoms with Crippen molar-refractivity contribution in [2.75, 3.05) is 17.2 Å². The van der Waals surface area contributed by atoms with Gasteiger partial charge < -0.3 is 10.6 Å². The molecule has 0 saturated heterocycles. The highest BCUT2D eigenvalue weighted by atomic mass is 19.1. The molecule has 0 aliphatic carbocycles. The molecule has 1 aliphatic heterocycles. The van der Waals surface area contributed by atoms with Gasteiger partial charge in [0.05, 0.1) is 5.39 Å². The molecule has 5 nitrogen and oxygen atoms in total. The van der Waals surface area contributed by atoms with Crippen LogP contribution in [0.2, 0.25) is 0 Å². The molecular weight excluding hydrogens is 281 g/mol. The number of anilines is 2. The van der Waals surface area contributed by atoms with Crippen LogP contribution in [0.3, 0.4) is 0 Å². The normalized spacial score (nSPS) is 14.1. The van der Waals surface area contributed by atoms with Crippen molar-refractivity contribution in [3.8, 4) is 0 Å². The number of hydrogen-bond acceptors (Lipinski definition) is 5. The quantitative estimate of drug-likeness (QED) is 0.746. The molecule has 2 aromatic heterocycles. The smallest absolute Gasteiger partial charge is 0.166 e. The van der Waals surface area contributed by atoms with Crippen molar-refractivity contribution in [3.63, 3.8) is 0 Å². The fraction of sp³-hybridized carbons (Fsp3) is 0.188. The maximum absolute atomic E-state index is 13.5. The van der Waals surface area contributed by atoms with Crippen molar-refractivity contribution >= 4 is 22.7 Å². The molecule has 0 radical (unpaired) electrons. The fourth-order valence-corrected chi connectivity index (χ4v) is 2.90. The van der Waals surface area contributed by atoms with E-state index in [1.54, 1.807) is 12.1 Å². The van der Waals surface area contributed by atoms with E-state index in [1.165, 1.54) is 18.0 Å². The summed E-state index contributed by atoms with van der Waals surface area (Å²) in [7, 11) is 0. The molecule has 0 atom stereocenters. The predicted octanol–water partition coefficient (Wildman–Crippen LogP) is 2.31. The van der Waals surface area contributed by atoms with Gasteiger partial charge in [0.1, 0.15) is 23.8 Å². The lowest BCUT2D eigenvalue weighted by Gasteiger charge is -2.30. The first-order valence-electron chi connectivity index (χ1n) is 7.10. The SMILES string of the molecule is Nc1ccc2c(N3CCc4ccc(F)cc4C3)ncnc2n1. The second-order valence-corrected chi connectivity index (χ2v) is 5.39. The van der Waals surface area contributed by atoms with E-state index in [4.69, 9.17) is 5.73 Å². The summed E-state index contributed by atoms with van der Waals surface area (Å²) < 4.78 is 13.5. The second kappa shape index (κ2) is 4.91. The standard InChI is InChI=1S/C16H14FN5/c17-12-2-1-10-5-6-22(8-11(10)7-12)16-13-3-4-14(18)21-15(13)19-9-20-16/h1-4,7,9H,5-6,8H2,(H2,18,19,20,21). The van der Waals surface area contributed by atoms with E-state index in [0.717, 1.165) is 29.7 Å². The summed E-state index contributed by atoms with van der Waals surface area (Å²) in [5.41, 5.74) is 8.48. The molecule has 3 aromatic rings. The fourth-order valence-electron chi connectivity index (χ4n) is 2.90. The zero-order chi connectivity index (χ0) is 15.1. The van der Waals surface area contributed by atoms with Gasteiger partial charge in [-0.25, -0.2) is 19.3 Å². The number of hydrogen-bond donors (Lipinski definition) is 1. The Labute approximate surface area is 126 Å². The number of pyridine rings is 1. The number of nitrogens with two attached hydrogens (primary N) is 1. The van der Waals surface area contributed by atoms with E-state index in [-0.39, 0.29) is 5.82 Å². The molecule has 6 heteroatoms. The van der Waals surface area contributed by atoms with Crippen LogP contribution in [0.4, 0.5) is 16.0 Å². The highest BCUT2D eigenvalue weighted by Crippen LogP contribution is 2.28. The van der Waals surface area contributed by atoms with Crippen LogP contribution < -0.4 is 10.6 Å². The van der Waals surface area contributed by atoms with Gasteiger partial charge in [-0.1, -0.05) is 6.07 Å². The number of aromatic nitrogens is 3. The van der Waals surface area contributed by atoms with Gasteiger partial charge in [0.25, 0.3) is 0 Å². The molecular formula is C16H14FN5. The van der Waals surface area contributed by atoms with Gasteiger partial charge in [-0.2, -0.15) is 0 Å². The van der Waals surface area contributed by atoms with Crippen LogP contribution >= 0.6 is 0 Å². The third kappa shape index (κ3) is 2.13. The molecule has 0 bridgehead atoms. The highest BCUT2D eigenvalue weighted by Gasteiger charge is 2.20. The minimum atomic E-state index is -0.206. The molecule has 110 valence electrons. The maximum atomic E-state index is 13.5. The van der Waals surface area contributed by atoms with Crippen molar-refractivity contribution in [2.45, 2.75) is 13.0 Å². The molecule has 0 unspecified atom stereocenters. The summed E-state index contributed by atoms with van der Waals surface area (Å²) in [4.78, 5) is 14.9. The lowest BCUT2D eigenvalue weighted by molar-refractivity contribution is 0.618. The summed E-state index contributed by atoms with van der Waals surface area (Å²) in [5, 5.41) is 0.858. The van der Waals surface area contributed by atoms with Crippen molar-refractivity contribution < 1.29 is 4.39 Å². The first-order chi connectivity index (χ1) is 10.7. The number of halogens is 1. The molecule has 3 heterocycles. The molecule has 22 heavy (non-hydrogen) atoms. The van der Waals surface area contributed by atoms with Crippen LogP contribution in [0.25, 0.3) is 11.0 Å². The Balaban J connectivity index is 1.77. The average Bonchev–Trinajstić information content (AvgIpc) is 2.53. The largest absolute Gasteiger partial charge is 0.384 e. The Morgan fingerprint density at radius 1 is 1.09 bits per heavy atom. The summed E-state index contributed by atoms with van der Waals surface area (Å²) in [6, 6.07) is 8.60. The van der Waals surface area contributed by atoms with Gasteiger partial charge in [-0.05, 0) is 41.8 Å². The zero-order valence-corrected chi connectivity index (χ0v) is 11.8. The maximum Gasteiger partial charge on any atom is 0.166 e. The predicted molar refractivity (Wildman–Crippen MR) is 82.9 cm³/mol. The van der Waals surface area contributed by atoms with E-state index in [2.05, 4.69) is 19.9 Å². The van der Waals surface area contributed by atoms with Crippen molar-refractivity contribution in [1.29, 1.82) is 0 Å². The average molecular weight is 295 g/mol. The first kappa shape index (κ1) is 12.9. The minimum absolute atomic E-state index is 0.206. The molecule has 0 fully saturated rings. The number of nitrogens with zero attached hydrogens (tertiary/aromatic N) is 4. The van der Waals surface area contributed by atoms with Crippen molar-refractivity contribution in [3.05, 3.63) is 53.6 Å². The third-order valence-corrected chi connectivity index (χ3v) is 3.98. The number of benzene rings is 1. The summed E-state index contributed by atoms with van der Waals surface area (Å²) in [6.45, 7) is 1.46. The first-order valence-corrected chi connectivity index (χ1v) is 7.10.